The van der Waals surface area contributed by atoms with Crippen LogP contribution in [-0.4, -0.2) is 23.1 Å². The summed E-state index contributed by atoms with van der Waals surface area (Å²) in [5.74, 6) is 3.82. The summed E-state index contributed by atoms with van der Waals surface area (Å²) in [7, 11) is 0. The molecule has 106 valence electrons. The summed E-state index contributed by atoms with van der Waals surface area (Å²) in [6.45, 7) is 8.19. The number of anilines is 2. The lowest BCUT2D eigenvalue weighted by atomic mass is 9.83. The van der Waals surface area contributed by atoms with Crippen LogP contribution < -0.4 is 10.6 Å². The van der Waals surface area contributed by atoms with E-state index in [1.54, 1.807) is 0 Å². The van der Waals surface area contributed by atoms with E-state index in [4.69, 9.17) is 0 Å². The zero-order valence-corrected chi connectivity index (χ0v) is 12.4. The molecule has 0 aliphatic heterocycles. The smallest absolute Gasteiger partial charge is 0.134 e. The Hall–Kier alpha value is -1.32. The van der Waals surface area contributed by atoms with Crippen LogP contribution in [0, 0.1) is 12.8 Å². The maximum absolute atomic E-state index is 4.61. The first-order valence-electron chi connectivity index (χ1n) is 7.59. The molecular formula is C15H26N4. The van der Waals surface area contributed by atoms with E-state index >= 15 is 0 Å². The minimum Gasteiger partial charge on any atom is -0.370 e. The fourth-order valence-electron chi connectivity index (χ4n) is 2.41. The number of nitrogens with zero attached hydrogens (tertiary/aromatic N) is 2. The first kappa shape index (κ1) is 14.1. The maximum Gasteiger partial charge on any atom is 0.134 e. The average Bonchev–Trinajstić information content (AvgIpc) is 2.36. The molecule has 0 spiro atoms. The van der Waals surface area contributed by atoms with Crippen molar-refractivity contribution in [3.05, 3.63) is 11.4 Å². The summed E-state index contributed by atoms with van der Waals surface area (Å²) >= 11 is 0. The van der Waals surface area contributed by atoms with Crippen molar-refractivity contribution in [1.82, 2.24) is 9.97 Å². The largest absolute Gasteiger partial charge is 0.370 e. The van der Waals surface area contributed by atoms with Crippen molar-refractivity contribution in [2.75, 3.05) is 23.7 Å². The minimum absolute atomic E-state index is 0.871. The number of aromatic nitrogens is 2. The van der Waals surface area contributed by atoms with Crippen LogP contribution in [0.5, 0.6) is 0 Å². The number of hydrogen-bond acceptors (Lipinski definition) is 4. The van der Waals surface area contributed by atoms with Crippen LogP contribution in [0.4, 0.5) is 11.6 Å². The van der Waals surface area contributed by atoms with Crippen LogP contribution in [0.25, 0.3) is 0 Å². The van der Waals surface area contributed by atoms with E-state index in [1.807, 2.05) is 0 Å². The van der Waals surface area contributed by atoms with Gasteiger partial charge >= 0.3 is 0 Å². The lowest BCUT2D eigenvalue weighted by molar-refractivity contribution is 0.303. The second-order valence-electron chi connectivity index (χ2n) is 5.36. The monoisotopic (exact) mass is 262 g/mol. The molecule has 0 saturated heterocycles. The second kappa shape index (κ2) is 6.73. The second-order valence-corrected chi connectivity index (χ2v) is 5.36. The fraction of sp³-hybridized carbons (Fsp3) is 0.733. The van der Waals surface area contributed by atoms with Gasteiger partial charge in [-0.1, -0.05) is 26.2 Å². The minimum atomic E-state index is 0.871. The van der Waals surface area contributed by atoms with Crippen LogP contribution in [-0.2, 0) is 6.42 Å². The number of aryl methyl sites for hydroxylation is 1. The normalized spacial score (nSPS) is 15.1. The van der Waals surface area contributed by atoms with Crippen molar-refractivity contribution in [3.63, 3.8) is 0 Å². The molecule has 19 heavy (non-hydrogen) atoms. The topological polar surface area (TPSA) is 49.8 Å². The molecule has 1 aromatic heterocycles. The van der Waals surface area contributed by atoms with Crippen LogP contribution in [0.2, 0.25) is 0 Å². The van der Waals surface area contributed by atoms with E-state index in [2.05, 4.69) is 41.4 Å². The van der Waals surface area contributed by atoms with Gasteiger partial charge in [0.25, 0.3) is 0 Å². The Morgan fingerprint density at radius 2 is 1.79 bits per heavy atom. The molecule has 1 saturated carbocycles. The van der Waals surface area contributed by atoms with Gasteiger partial charge in [-0.3, -0.25) is 0 Å². The molecule has 4 nitrogen and oxygen atoms in total. The quantitative estimate of drug-likeness (QED) is 0.791. The zero-order valence-electron chi connectivity index (χ0n) is 12.4. The van der Waals surface area contributed by atoms with E-state index < -0.39 is 0 Å². The highest BCUT2D eigenvalue weighted by Crippen LogP contribution is 2.29. The highest BCUT2D eigenvalue weighted by Gasteiger charge is 2.17. The lowest BCUT2D eigenvalue weighted by Crippen LogP contribution is -2.17. The Balaban J connectivity index is 2.01. The third-order valence-electron chi connectivity index (χ3n) is 3.92. The first-order valence-corrected chi connectivity index (χ1v) is 7.59. The molecule has 2 rings (SSSR count). The predicted molar refractivity (Wildman–Crippen MR) is 80.8 cm³/mol. The van der Waals surface area contributed by atoms with Crippen LogP contribution in [0.3, 0.4) is 0 Å². The molecule has 1 aliphatic rings. The van der Waals surface area contributed by atoms with E-state index in [1.165, 1.54) is 25.7 Å². The lowest BCUT2D eigenvalue weighted by Gasteiger charge is -2.25. The van der Waals surface area contributed by atoms with Crippen molar-refractivity contribution >= 4 is 11.6 Å². The van der Waals surface area contributed by atoms with E-state index in [-0.39, 0.29) is 0 Å². The van der Waals surface area contributed by atoms with Crippen LogP contribution >= 0.6 is 0 Å². The number of nitrogens with one attached hydrogen (secondary N) is 2. The Morgan fingerprint density at radius 1 is 1.11 bits per heavy atom. The molecule has 4 heteroatoms. The van der Waals surface area contributed by atoms with Gasteiger partial charge in [0.1, 0.15) is 17.5 Å². The van der Waals surface area contributed by atoms with Gasteiger partial charge in [0.05, 0.1) is 0 Å². The summed E-state index contributed by atoms with van der Waals surface area (Å²) in [6.07, 6.45) is 6.37. The summed E-state index contributed by atoms with van der Waals surface area (Å²) in [6, 6.07) is 0. The Bertz CT molecular complexity index is 413. The maximum atomic E-state index is 4.61. The fourth-order valence-corrected chi connectivity index (χ4v) is 2.41. The van der Waals surface area contributed by atoms with Crippen molar-refractivity contribution < 1.29 is 0 Å². The van der Waals surface area contributed by atoms with Gasteiger partial charge < -0.3 is 10.6 Å². The van der Waals surface area contributed by atoms with Gasteiger partial charge in [-0.15, -0.1) is 0 Å². The highest BCUT2D eigenvalue weighted by molar-refractivity contribution is 5.57. The molecule has 2 N–H and O–H groups in total. The van der Waals surface area contributed by atoms with Gasteiger partial charge in [0.2, 0.25) is 0 Å². The van der Waals surface area contributed by atoms with Gasteiger partial charge in [-0.05, 0) is 26.2 Å². The molecular weight excluding hydrogens is 236 g/mol. The van der Waals surface area contributed by atoms with E-state index in [0.717, 1.165) is 48.5 Å². The van der Waals surface area contributed by atoms with Crippen molar-refractivity contribution in [2.45, 2.75) is 52.9 Å². The van der Waals surface area contributed by atoms with Gasteiger partial charge in [-0.2, -0.15) is 0 Å². The molecule has 0 bridgehead atoms. The van der Waals surface area contributed by atoms with Gasteiger partial charge in [0.15, 0.2) is 0 Å². The molecule has 0 atom stereocenters. The Morgan fingerprint density at radius 3 is 2.32 bits per heavy atom. The highest BCUT2D eigenvalue weighted by atomic mass is 15.1. The average molecular weight is 262 g/mol. The summed E-state index contributed by atoms with van der Waals surface area (Å²) in [5.41, 5.74) is 1.13. The number of rotatable bonds is 7. The summed E-state index contributed by atoms with van der Waals surface area (Å²) in [5, 5.41) is 6.82. The van der Waals surface area contributed by atoms with Gasteiger partial charge in [0, 0.05) is 25.1 Å². The standard InChI is InChI=1S/C15H26N4/c1-4-13-18-14(16-5-2)11(3)15(19-13)17-10-9-12-7-6-8-12/h12H,4-10H2,1-3H3,(H2,16,17,18,19). The molecule has 1 heterocycles. The van der Waals surface area contributed by atoms with E-state index in [9.17, 15) is 0 Å². The third-order valence-corrected chi connectivity index (χ3v) is 3.92. The molecule has 1 aromatic rings. The summed E-state index contributed by atoms with van der Waals surface area (Å²) in [4.78, 5) is 9.16. The first-order chi connectivity index (χ1) is 9.24. The molecule has 0 unspecified atom stereocenters. The molecule has 0 radical (unpaired) electrons. The number of hydrogen-bond donors (Lipinski definition) is 2. The molecule has 1 aliphatic carbocycles. The molecule has 0 amide bonds. The Kier molecular flexibility index (Phi) is 5.00. The Labute approximate surface area is 116 Å². The SMILES string of the molecule is CCNc1nc(CC)nc(NCCC2CCC2)c1C. The van der Waals surface area contributed by atoms with Crippen molar-refractivity contribution in [2.24, 2.45) is 5.92 Å². The molecule has 0 aromatic carbocycles. The predicted octanol–water partition coefficient (Wildman–Crippen LogP) is 3.38. The zero-order chi connectivity index (χ0) is 13.7. The van der Waals surface area contributed by atoms with Crippen molar-refractivity contribution in [1.29, 1.82) is 0 Å². The molecule has 1 fully saturated rings. The van der Waals surface area contributed by atoms with E-state index in [0.29, 0.717) is 0 Å². The van der Waals surface area contributed by atoms with Gasteiger partial charge in [-0.25, -0.2) is 9.97 Å². The van der Waals surface area contributed by atoms with Crippen LogP contribution in [0.15, 0.2) is 0 Å². The summed E-state index contributed by atoms with van der Waals surface area (Å²) < 4.78 is 0. The van der Waals surface area contributed by atoms with Crippen LogP contribution in [0.1, 0.15) is 50.9 Å². The third kappa shape index (κ3) is 3.58. The van der Waals surface area contributed by atoms with Crippen molar-refractivity contribution in [3.8, 4) is 0 Å².